The first-order chi connectivity index (χ1) is 8.89. The first kappa shape index (κ1) is 15.8. The van der Waals surface area contributed by atoms with Crippen LogP contribution in [0.4, 0.5) is 4.39 Å². The van der Waals surface area contributed by atoms with Crippen molar-refractivity contribution in [2.24, 2.45) is 0 Å². The fourth-order valence-corrected chi connectivity index (χ4v) is 1.93. The third-order valence-electron chi connectivity index (χ3n) is 2.61. The van der Waals surface area contributed by atoms with Gasteiger partial charge in [0.05, 0.1) is 5.60 Å². The summed E-state index contributed by atoms with van der Waals surface area (Å²) >= 11 is 0. The summed E-state index contributed by atoms with van der Waals surface area (Å²) in [5.41, 5.74) is 0.219. The molecule has 0 spiro atoms. The van der Waals surface area contributed by atoms with E-state index >= 15 is 0 Å². The van der Waals surface area contributed by atoms with E-state index in [0.29, 0.717) is 19.6 Å². The van der Waals surface area contributed by atoms with Gasteiger partial charge in [-0.05, 0) is 38.7 Å². The van der Waals surface area contributed by atoms with E-state index < -0.39 is 5.60 Å². The zero-order valence-corrected chi connectivity index (χ0v) is 11.9. The van der Waals surface area contributed by atoms with Crippen LogP contribution in [0, 0.1) is 5.82 Å². The molecular weight excluding hydrogens is 243 g/mol. The molecule has 0 saturated heterocycles. The quantitative estimate of drug-likeness (QED) is 0.738. The lowest BCUT2D eigenvalue weighted by molar-refractivity contribution is 0.0347. The Bertz CT molecular complexity index is 399. The smallest absolute Gasteiger partial charge is 0.123 e. The first-order valence-electron chi connectivity index (χ1n) is 6.39. The molecule has 0 radical (unpaired) electrons. The van der Waals surface area contributed by atoms with Crippen LogP contribution in [0.5, 0.6) is 0 Å². The molecule has 0 fully saturated rings. The summed E-state index contributed by atoms with van der Waals surface area (Å²) in [5.74, 6) is -0.227. The molecule has 0 aliphatic heterocycles. The second-order valence-corrected chi connectivity index (χ2v) is 5.32. The van der Waals surface area contributed by atoms with Crippen molar-refractivity contribution in [2.75, 3.05) is 33.7 Å². The summed E-state index contributed by atoms with van der Waals surface area (Å²) in [7, 11) is 3.87. The SMILES string of the molecule is CN(C)CC(C)(O)CNC/C=C/c1ccc(F)cc1. The Labute approximate surface area is 114 Å². The molecule has 1 atom stereocenters. The van der Waals surface area contributed by atoms with Crippen molar-refractivity contribution in [3.05, 3.63) is 41.7 Å². The molecule has 1 aromatic carbocycles. The van der Waals surface area contributed by atoms with Crippen molar-refractivity contribution >= 4 is 6.08 Å². The number of hydrogen-bond donors (Lipinski definition) is 2. The number of rotatable bonds is 7. The molecular formula is C15H23FN2O. The van der Waals surface area contributed by atoms with Crippen LogP contribution in [0.2, 0.25) is 0 Å². The van der Waals surface area contributed by atoms with Crippen LogP contribution in [0.3, 0.4) is 0 Å². The molecule has 19 heavy (non-hydrogen) atoms. The molecule has 0 aliphatic carbocycles. The Hall–Kier alpha value is -1.23. The highest BCUT2D eigenvalue weighted by atomic mass is 19.1. The third-order valence-corrected chi connectivity index (χ3v) is 2.61. The topological polar surface area (TPSA) is 35.5 Å². The van der Waals surface area contributed by atoms with E-state index in [9.17, 15) is 9.50 Å². The average molecular weight is 266 g/mol. The van der Waals surface area contributed by atoms with Crippen LogP contribution < -0.4 is 5.32 Å². The Balaban J connectivity index is 2.28. The average Bonchev–Trinajstić information content (AvgIpc) is 2.29. The van der Waals surface area contributed by atoms with Gasteiger partial charge in [-0.25, -0.2) is 4.39 Å². The van der Waals surface area contributed by atoms with Gasteiger partial charge in [-0.3, -0.25) is 0 Å². The highest BCUT2D eigenvalue weighted by Gasteiger charge is 2.19. The van der Waals surface area contributed by atoms with E-state index in [-0.39, 0.29) is 5.82 Å². The van der Waals surface area contributed by atoms with Crippen LogP contribution >= 0.6 is 0 Å². The lowest BCUT2D eigenvalue weighted by atomic mass is 10.1. The minimum Gasteiger partial charge on any atom is -0.388 e. The van der Waals surface area contributed by atoms with E-state index in [0.717, 1.165) is 5.56 Å². The monoisotopic (exact) mass is 266 g/mol. The summed E-state index contributed by atoms with van der Waals surface area (Å²) in [6.07, 6.45) is 3.88. The van der Waals surface area contributed by atoms with E-state index in [2.05, 4.69) is 5.32 Å². The van der Waals surface area contributed by atoms with Gasteiger partial charge >= 0.3 is 0 Å². The van der Waals surface area contributed by atoms with Crippen LogP contribution in [0.15, 0.2) is 30.3 Å². The molecule has 0 aliphatic rings. The lowest BCUT2D eigenvalue weighted by Gasteiger charge is -2.26. The van der Waals surface area contributed by atoms with Gasteiger partial charge in [0.25, 0.3) is 0 Å². The van der Waals surface area contributed by atoms with Gasteiger partial charge < -0.3 is 15.3 Å². The van der Waals surface area contributed by atoms with Gasteiger partial charge in [-0.2, -0.15) is 0 Å². The molecule has 0 amide bonds. The van der Waals surface area contributed by atoms with Gasteiger partial charge in [0.1, 0.15) is 5.82 Å². The standard InChI is InChI=1S/C15H23FN2O/c1-15(19,12-18(2)3)11-17-10-4-5-13-6-8-14(16)9-7-13/h4-9,17,19H,10-12H2,1-3H3/b5-4+. The van der Waals surface area contributed by atoms with Gasteiger partial charge in [0, 0.05) is 19.6 Å². The second-order valence-electron chi connectivity index (χ2n) is 5.32. The molecule has 2 N–H and O–H groups in total. The van der Waals surface area contributed by atoms with E-state index in [1.165, 1.54) is 12.1 Å². The van der Waals surface area contributed by atoms with Crippen LogP contribution in [-0.4, -0.2) is 49.3 Å². The van der Waals surface area contributed by atoms with Crippen molar-refractivity contribution in [3.8, 4) is 0 Å². The first-order valence-corrected chi connectivity index (χ1v) is 6.39. The fraction of sp³-hybridized carbons (Fsp3) is 0.467. The minimum absolute atomic E-state index is 0.227. The number of nitrogens with zero attached hydrogens (tertiary/aromatic N) is 1. The Morgan fingerprint density at radius 3 is 2.53 bits per heavy atom. The van der Waals surface area contributed by atoms with Crippen LogP contribution in [0.1, 0.15) is 12.5 Å². The van der Waals surface area contributed by atoms with Crippen molar-refractivity contribution in [1.29, 1.82) is 0 Å². The van der Waals surface area contributed by atoms with Gasteiger partial charge in [-0.15, -0.1) is 0 Å². The number of hydrogen-bond acceptors (Lipinski definition) is 3. The molecule has 106 valence electrons. The Morgan fingerprint density at radius 1 is 1.32 bits per heavy atom. The van der Waals surface area contributed by atoms with Crippen molar-refractivity contribution < 1.29 is 9.50 Å². The fourth-order valence-electron chi connectivity index (χ4n) is 1.93. The van der Waals surface area contributed by atoms with Crippen molar-refractivity contribution in [3.63, 3.8) is 0 Å². The maximum absolute atomic E-state index is 12.7. The summed E-state index contributed by atoms with van der Waals surface area (Å²) in [6, 6.07) is 6.34. The Kier molecular flexibility index (Phi) is 6.15. The lowest BCUT2D eigenvalue weighted by Crippen LogP contribution is -2.45. The van der Waals surface area contributed by atoms with E-state index in [1.807, 2.05) is 38.1 Å². The molecule has 1 aromatic rings. The summed E-state index contributed by atoms with van der Waals surface area (Å²) in [6.45, 7) is 3.62. The number of halogens is 1. The summed E-state index contributed by atoms with van der Waals surface area (Å²) in [5, 5.41) is 13.2. The molecule has 1 unspecified atom stereocenters. The summed E-state index contributed by atoms with van der Waals surface area (Å²) < 4.78 is 12.7. The minimum atomic E-state index is -0.743. The van der Waals surface area contributed by atoms with Gasteiger partial charge in [0.15, 0.2) is 0 Å². The molecule has 0 saturated carbocycles. The maximum Gasteiger partial charge on any atom is 0.123 e. The number of nitrogens with one attached hydrogen (secondary N) is 1. The van der Waals surface area contributed by atoms with Crippen molar-refractivity contribution in [1.82, 2.24) is 10.2 Å². The van der Waals surface area contributed by atoms with E-state index in [4.69, 9.17) is 0 Å². The third kappa shape index (κ3) is 7.06. The summed E-state index contributed by atoms with van der Waals surface area (Å²) in [4.78, 5) is 1.95. The highest BCUT2D eigenvalue weighted by Crippen LogP contribution is 2.05. The number of aliphatic hydroxyl groups is 1. The van der Waals surface area contributed by atoms with E-state index in [1.54, 1.807) is 12.1 Å². The molecule has 4 heteroatoms. The predicted octanol–water partition coefficient (Wildman–Crippen LogP) is 1.74. The zero-order chi connectivity index (χ0) is 14.3. The van der Waals surface area contributed by atoms with Gasteiger partial charge in [-0.1, -0.05) is 24.3 Å². The normalized spacial score (nSPS) is 15.1. The predicted molar refractivity (Wildman–Crippen MR) is 77.5 cm³/mol. The highest BCUT2D eigenvalue weighted by molar-refractivity contribution is 5.48. The molecule has 0 bridgehead atoms. The Morgan fingerprint density at radius 2 is 1.95 bits per heavy atom. The molecule has 0 heterocycles. The van der Waals surface area contributed by atoms with Crippen LogP contribution in [-0.2, 0) is 0 Å². The molecule has 0 aromatic heterocycles. The van der Waals surface area contributed by atoms with Crippen molar-refractivity contribution in [2.45, 2.75) is 12.5 Å². The van der Waals surface area contributed by atoms with Gasteiger partial charge in [0.2, 0.25) is 0 Å². The van der Waals surface area contributed by atoms with Crippen LogP contribution in [0.25, 0.3) is 6.08 Å². The maximum atomic E-state index is 12.7. The molecule has 1 rings (SSSR count). The number of likely N-dealkylation sites (N-methyl/N-ethyl adjacent to an activating group) is 1. The largest absolute Gasteiger partial charge is 0.388 e. The zero-order valence-electron chi connectivity index (χ0n) is 11.9. The molecule has 3 nitrogen and oxygen atoms in total. The number of benzene rings is 1. The second kappa shape index (κ2) is 7.38.